The summed E-state index contributed by atoms with van der Waals surface area (Å²) < 4.78 is 13.3. The van der Waals surface area contributed by atoms with Gasteiger partial charge in [-0.05, 0) is 26.7 Å². The SMILES string of the molecule is Cc1noc(C)c1CN1CCC2(CC1)CC(=O)N(Cc1cnn(C)c1)CCO2. The number of piperidine rings is 1. The van der Waals surface area contributed by atoms with Crippen molar-refractivity contribution in [1.82, 2.24) is 24.7 Å². The third-order valence-electron chi connectivity index (χ3n) is 6.06. The zero-order valence-corrected chi connectivity index (χ0v) is 17.0. The van der Waals surface area contributed by atoms with Crippen molar-refractivity contribution in [2.24, 2.45) is 7.05 Å². The lowest BCUT2D eigenvalue weighted by molar-refractivity contribution is -0.136. The van der Waals surface area contributed by atoms with E-state index in [1.54, 1.807) is 4.68 Å². The van der Waals surface area contributed by atoms with Gasteiger partial charge in [0.05, 0.1) is 30.5 Å². The van der Waals surface area contributed by atoms with Gasteiger partial charge in [0.15, 0.2) is 0 Å². The molecule has 0 bridgehead atoms. The number of aromatic nitrogens is 3. The number of aryl methyl sites for hydroxylation is 3. The highest BCUT2D eigenvalue weighted by Gasteiger charge is 2.40. The lowest BCUT2D eigenvalue weighted by atomic mass is 9.87. The highest BCUT2D eigenvalue weighted by atomic mass is 16.5. The van der Waals surface area contributed by atoms with Gasteiger partial charge in [-0.15, -0.1) is 0 Å². The maximum absolute atomic E-state index is 12.9. The fraction of sp³-hybridized carbons (Fsp3) is 0.650. The number of rotatable bonds is 4. The van der Waals surface area contributed by atoms with E-state index >= 15 is 0 Å². The summed E-state index contributed by atoms with van der Waals surface area (Å²) in [6, 6.07) is 0. The van der Waals surface area contributed by atoms with E-state index in [1.165, 1.54) is 5.56 Å². The molecule has 1 amide bonds. The zero-order valence-electron chi connectivity index (χ0n) is 17.0. The molecule has 2 saturated heterocycles. The smallest absolute Gasteiger partial charge is 0.225 e. The quantitative estimate of drug-likeness (QED) is 0.796. The zero-order chi connectivity index (χ0) is 19.7. The van der Waals surface area contributed by atoms with Crippen LogP contribution in [0.3, 0.4) is 0 Å². The van der Waals surface area contributed by atoms with Gasteiger partial charge in [-0.2, -0.15) is 5.10 Å². The Morgan fingerprint density at radius 2 is 1.96 bits per heavy atom. The van der Waals surface area contributed by atoms with Gasteiger partial charge < -0.3 is 14.2 Å². The molecule has 0 saturated carbocycles. The van der Waals surface area contributed by atoms with Crippen LogP contribution in [0.15, 0.2) is 16.9 Å². The predicted octanol–water partition coefficient (Wildman–Crippen LogP) is 1.81. The highest BCUT2D eigenvalue weighted by molar-refractivity contribution is 5.77. The second kappa shape index (κ2) is 7.67. The first-order valence-corrected chi connectivity index (χ1v) is 9.97. The molecule has 4 rings (SSSR count). The summed E-state index contributed by atoms with van der Waals surface area (Å²) in [6.45, 7) is 8.46. The van der Waals surface area contributed by atoms with Crippen LogP contribution in [-0.4, -0.2) is 62.5 Å². The molecule has 152 valence electrons. The van der Waals surface area contributed by atoms with E-state index in [0.29, 0.717) is 26.1 Å². The summed E-state index contributed by atoms with van der Waals surface area (Å²) in [5.74, 6) is 1.07. The molecule has 2 aliphatic heterocycles. The number of hydrogen-bond acceptors (Lipinski definition) is 6. The fourth-order valence-electron chi connectivity index (χ4n) is 4.27. The van der Waals surface area contributed by atoms with Gasteiger partial charge in [-0.1, -0.05) is 5.16 Å². The molecular weight excluding hydrogens is 358 g/mol. The molecule has 2 aliphatic rings. The van der Waals surface area contributed by atoms with Crippen LogP contribution < -0.4 is 0 Å². The molecule has 0 atom stereocenters. The first-order valence-electron chi connectivity index (χ1n) is 9.97. The Balaban J connectivity index is 1.35. The molecule has 0 unspecified atom stereocenters. The van der Waals surface area contributed by atoms with Gasteiger partial charge in [0.1, 0.15) is 5.76 Å². The number of ether oxygens (including phenoxy) is 1. The molecule has 28 heavy (non-hydrogen) atoms. The first-order chi connectivity index (χ1) is 13.4. The summed E-state index contributed by atoms with van der Waals surface area (Å²) in [7, 11) is 1.89. The summed E-state index contributed by atoms with van der Waals surface area (Å²) in [6.07, 6.45) is 6.00. The van der Waals surface area contributed by atoms with Crippen LogP contribution in [0.5, 0.6) is 0 Å². The molecule has 0 N–H and O–H groups in total. The molecule has 4 heterocycles. The average Bonchev–Trinajstić information content (AvgIpc) is 3.17. The maximum atomic E-state index is 12.9. The average molecular weight is 387 g/mol. The molecule has 8 nitrogen and oxygen atoms in total. The predicted molar refractivity (Wildman–Crippen MR) is 102 cm³/mol. The van der Waals surface area contributed by atoms with Gasteiger partial charge in [0.25, 0.3) is 0 Å². The van der Waals surface area contributed by atoms with Crippen LogP contribution in [0.4, 0.5) is 0 Å². The molecule has 2 aromatic rings. The Labute approximate surface area is 165 Å². The number of carbonyl (C=O) groups excluding carboxylic acids is 1. The maximum Gasteiger partial charge on any atom is 0.225 e. The van der Waals surface area contributed by atoms with Crippen molar-refractivity contribution in [3.8, 4) is 0 Å². The van der Waals surface area contributed by atoms with Crippen molar-refractivity contribution < 1.29 is 14.1 Å². The molecule has 2 aromatic heterocycles. The Kier molecular flexibility index (Phi) is 5.25. The number of amides is 1. The van der Waals surface area contributed by atoms with Gasteiger partial charge in [-0.3, -0.25) is 14.4 Å². The first kappa shape index (κ1) is 19.1. The second-order valence-corrected chi connectivity index (χ2v) is 8.12. The van der Waals surface area contributed by atoms with E-state index in [0.717, 1.165) is 49.5 Å². The minimum atomic E-state index is -0.323. The monoisotopic (exact) mass is 387 g/mol. The highest BCUT2D eigenvalue weighted by Crippen LogP contribution is 2.33. The Bertz CT molecular complexity index is 815. The number of hydrogen-bond donors (Lipinski definition) is 0. The third kappa shape index (κ3) is 3.98. The van der Waals surface area contributed by atoms with Crippen molar-refractivity contribution in [3.05, 3.63) is 35.0 Å². The second-order valence-electron chi connectivity index (χ2n) is 8.12. The van der Waals surface area contributed by atoms with Crippen molar-refractivity contribution >= 4 is 5.91 Å². The lowest BCUT2D eigenvalue weighted by Gasteiger charge is -2.40. The largest absolute Gasteiger partial charge is 0.373 e. The van der Waals surface area contributed by atoms with Crippen molar-refractivity contribution in [1.29, 1.82) is 0 Å². The molecule has 0 aromatic carbocycles. The molecule has 2 fully saturated rings. The van der Waals surface area contributed by atoms with E-state index in [1.807, 2.05) is 38.2 Å². The number of carbonyl (C=O) groups is 1. The fourth-order valence-corrected chi connectivity index (χ4v) is 4.27. The van der Waals surface area contributed by atoms with Crippen LogP contribution in [0.25, 0.3) is 0 Å². The lowest BCUT2D eigenvalue weighted by Crippen LogP contribution is -2.47. The molecule has 0 radical (unpaired) electrons. The summed E-state index contributed by atoms with van der Waals surface area (Å²) in [5.41, 5.74) is 2.87. The van der Waals surface area contributed by atoms with E-state index in [-0.39, 0.29) is 11.5 Å². The molecule has 1 spiro atoms. The molecule has 8 heteroatoms. The van der Waals surface area contributed by atoms with E-state index in [9.17, 15) is 4.79 Å². The minimum Gasteiger partial charge on any atom is -0.373 e. The minimum absolute atomic E-state index is 0.181. The Hall–Kier alpha value is -2.19. The van der Waals surface area contributed by atoms with E-state index in [2.05, 4.69) is 15.2 Å². The van der Waals surface area contributed by atoms with Crippen LogP contribution in [0.1, 0.15) is 41.8 Å². The van der Waals surface area contributed by atoms with E-state index in [4.69, 9.17) is 9.26 Å². The third-order valence-corrected chi connectivity index (χ3v) is 6.06. The van der Waals surface area contributed by atoms with Crippen LogP contribution in [0, 0.1) is 13.8 Å². The molecular formula is C20H29N5O3. The summed E-state index contributed by atoms with van der Waals surface area (Å²) in [5, 5.41) is 8.24. The van der Waals surface area contributed by atoms with Crippen LogP contribution >= 0.6 is 0 Å². The Morgan fingerprint density at radius 1 is 1.18 bits per heavy atom. The normalized spacial score (nSPS) is 20.7. The topological polar surface area (TPSA) is 76.6 Å². The van der Waals surface area contributed by atoms with Gasteiger partial charge >= 0.3 is 0 Å². The van der Waals surface area contributed by atoms with Gasteiger partial charge in [-0.25, -0.2) is 0 Å². The van der Waals surface area contributed by atoms with Crippen molar-refractivity contribution in [3.63, 3.8) is 0 Å². The van der Waals surface area contributed by atoms with Crippen LogP contribution in [0.2, 0.25) is 0 Å². The molecule has 0 aliphatic carbocycles. The van der Waals surface area contributed by atoms with Gasteiger partial charge in [0, 0.05) is 57.1 Å². The Morgan fingerprint density at radius 3 is 2.61 bits per heavy atom. The van der Waals surface area contributed by atoms with Crippen molar-refractivity contribution in [2.75, 3.05) is 26.2 Å². The van der Waals surface area contributed by atoms with Gasteiger partial charge in [0.2, 0.25) is 5.91 Å². The number of nitrogens with zero attached hydrogens (tertiary/aromatic N) is 5. The van der Waals surface area contributed by atoms with Crippen molar-refractivity contribution in [2.45, 2.75) is 51.8 Å². The van der Waals surface area contributed by atoms with Crippen LogP contribution in [-0.2, 0) is 29.7 Å². The van der Waals surface area contributed by atoms with E-state index < -0.39 is 0 Å². The standard InChI is InChI=1S/C20H29N5O3/c1-15-18(16(2)28-22-15)14-24-6-4-20(5-7-24)10-19(26)25(8-9-27-20)13-17-11-21-23(3)12-17/h11-12H,4-10,13-14H2,1-3H3. The number of likely N-dealkylation sites (tertiary alicyclic amines) is 1. The summed E-state index contributed by atoms with van der Waals surface area (Å²) >= 11 is 0. The summed E-state index contributed by atoms with van der Waals surface area (Å²) in [4.78, 5) is 17.2.